The van der Waals surface area contributed by atoms with Crippen LogP contribution in [0.1, 0.15) is 40.4 Å². The Morgan fingerprint density at radius 2 is 2.07 bits per heavy atom. The largest absolute Gasteiger partial charge is 0.497 e. The summed E-state index contributed by atoms with van der Waals surface area (Å²) in [7, 11) is 3.72. The molecule has 2 aromatic rings. The summed E-state index contributed by atoms with van der Waals surface area (Å²) in [5.41, 5.74) is 7.39. The van der Waals surface area contributed by atoms with Crippen molar-refractivity contribution in [1.82, 2.24) is 4.90 Å². The van der Waals surface area contributed by atoms with Gasteiger partial charge >= 0.3 is 0 Å². The fourth-order valence-corrected chi connectivity index (χ4v) is 5.08. The number of methoxy groups -OCH3 is 1. The summed E-state index contributed by atoms with van der Waals surface area (Å²) in [5, 5.41) is 12.2. The zero-order chi connectivity index (χ0) is 19.4. The SMILES string of the molecule is COc1ccc2c(c1)[C@]1(C)CCN(C)[C@H](C2)[C@]1(O)c1cccc(C(N)=O)c1. The van der Waals surface area contributed by atoms with Crippen LogP contribution in [0.25, 0.3) is 0 Å². The number of primary amides is 1. The van der Waals surface area contributed by atoms with Crippen LogP contribution >= 0.6 is 0 Å². The maximum Gasteiger partial charge on any atom is 0.248 e. The summed E-state index contributed by atoms with van der Waals surface area (Å²) in [5.74, 6) is 0.308. The number of carbonyl (C=O) groups excluding carboxylic acids is 1. The predicted octanol–water partition coefficient (Wildman–Crippen LogP) is 2.20. The number of nitrogens with zero attached hydrogens (tertiary/aromatic N) is 1. The Kier molecular flexibility index (Phi) is 4.05. The molecule has 1 amide bonds. The average Bonchev–Trinajstić information content (AvgIpc) is 2.67. The molecule has 1 heterocycles. The lowest BCUT2D eigenvalue weighted by molar-refractivity contribution is -0.141. The number of rotatable bonds is 3. The van der Waals surface area contributed by atoms with E-state index in [-0.39, 0.29) is 6.04 Å². The minimum absolute atomic E-state index is 0.0831. The number of amides is 1. The minimum atomic E-state index is -1.13. The van der Waals surface area contributed by atoms with E-state index in [9.17, 15) is 9.90 Å². The number of fused-ring (bicyclic) bond motifs is 4. The molecule has 1 saturated heterocycles. The molecular formula is C22H26N2O3. The molecule has 142 valence electrons. The molecule has 0 aromatic heterocycles. The van der Waals surface area contributed by atoms with Gasteiger partial charge in [0, 0.05) is 17.0 Å². The number of likely N-dealkylation sites (N-methyl/N-ethyl adjacent to an activating group) is 1. The first-order valence-corrected chi connectivity index (χ1v) is 9.31. The Morgan fingerprint density at radius 3 is 2.78 bits per heavy atom. The van der Waals surface area contributed by atoms with Crippen LogP contribution in [0.3, 0.4) is 0 Å². The molecule has 3 N–H and O–H groups in total. The van der Waals surface area contributed by atoms with Crippen LogP contribution in [-0.2, 0) is 17.4 Å². The van der Waals surface area contributed by atoms with E-state index in [1.807, 2.05) is 12.1 Å². The molecule has 5 nitrogen and oxygen atoms in total. The van der Waals surface area contributed by atoms with Crippen molar-refractivity contribution in [3.63, 3.8) is 0 Å². The summed E-state index contributed by atoms with van der Waals surface area (Å²) < 4.78 is 5.46. The van der Waals surface area contributed by atoms with Crippen LogP contribution in [-0.4, -0.2) is 42.7 Å². The molecule has 1 fully saturated rings. The zero-order valence-corrected chi connectivity index (χ0v) is 16.0. The third kappa shape index (κ3) is 2.42. The highest BCUT2D eigenvalue weighted by Gasteiger charge is 2.60. The van der Waals surface area contributed by atoms with Gasteiger partial charge in [-0.2, -0.15) is 0 Å². The maximum atomic E-state index is 12.2. The van der Waals surface area contributed by atoms with E-state index < -0.39 is 16.9 Å². The summed E-state index contributed by atoms with van der Waals surface area (Å²) >= 11 is 0. The zero-order valence-electron chi connectivity index (χ0n) is 16.0. The second-order valence-electron chi connectivity index (χ2n) is 8.02. The van der Waals surface area contributed by atoms with Gasteiger partial charge in [-0.15, -0.1) is 0 Å². The number of hydrogen-bond acceptors (Lipinski definition) is 4. The minimum Gasteiger partial charge on any atom is -0.497 e. The fourth-order valence-electron chi connectivity index (χ4n) is 5.08. The van der Waals surface area contributed by atoms with E-state index in [1.54, 1.807) is 25.3 Å². The molecule has 5 heteroatoms. The van der Waals surface area contributed by atoms with Crippen molar-refractivity contribution in [1.29, 1.82) is 0 Å². The smallest absolute Gasteiger partial charge is 0.248 e. The van der Waals surface area contributed by atoms with Crippen molar-refractivity contribution in [3.8, 4) is 5.75 Å². The molecule has 2 bridgehead atoms. The van der Waals surface area contributed by atoms with Crippen molar-refractivity contribution in [3.05, 3.63) is 64.7 Å². The van der Waals surface area contributed by atoms with Gasteiger partial charge in [0.25, 0.3) is 0 Å². The number of hydrogen-bond donors (Lipinski definition) is 2. The summed E-state index contributed by atoms with van der Waals surface area (Å²) in [6.45, 7) is 3.02. The number of ether oxygens (including phenoxy) is 1. The van der Waals surface area contributed by atoms with Gasteiger partial charge in [0.15, 0.2) is 0 Å². The standard InChI is InChI=1S/C22H26N2O3/c1-21-9-10-24(2)19(12-14-7-8-17(27-3)13-18(14)21)22(21,26)16-6-4-5-15(11-16)20(23)25/h4-8,11,13,19,26H,9-10,12H2,1-3H3,(H2,23,25)/t19-,21+,22-/m1/s1. The number of likely N-dealkylation sites (tertiary alicyclic amines) is 1. The molecule has 3 atom stereocenters. The van der Waals surface area contributed by atoms with E-state index in [0.29, 0.717) is 5.56 Å². The highest BCUT2D eigenvalue weighted by atomic mass is 16.5. The van der Waals surface area contributed by atoms with Crippen LogP contribution in [0.15, 0.2) is 42.5 Å². The molecule has 0 spiro atoms. The van der Waals surface area contributed by atoms with Crippen LogP contribution in [0.5, 0.6) is 5.75 Å². The highest BCUT2D eigenvalue weighted by Crippen LogP contribution is 2.56. The van der Waals surface area contributed by atoms with Crippen molar-refractivity contribution < 1.29 is 14.6 Å². The molecule has 1 aliphatic heterocycles. The summed E-state index contributed by atoms with van der Waals surface area (Å²) in [6.07, 6.45) is 1.54. The van der Waals surface area contributed by atoms with Gasteiger partial charge in [-0.1, -0.05) is 25.1 Å². The Labute approximate surface area is 159 Å². The van der Waals surface area contributed by atoms with Gasteiger partial charge in [-0.3, -0.25) is 9.69 Å². The van der Waals surface area contributed by atoms with Crippen molar-refractivity contribution in [2.24, 2.45) is 5.73 Å². The molecule has 0 saturated carbocycles. The number of piperidine rings is 1. The predicted molar refractivity (Wildman–Crippen MR) is 104 cm³/mol. The van der Waals surface area contributed by atoms with Gasteiger partial charge in [0.1, 0.15) is 11.4 Å². The Bertz CT molecular complexity index is 912. The van der Waals surface area contributed by atoms with Crippen molar-refractivity contribution >= 4 is 5.91 Å². The Balaban J connectivity index is 1.96. The van der Waals surface area contributed by atoms with Gasteiger partial charge in [-0.05, 0) is 67.4 Å². The topological polar surface area (TPSA) is 75.8 Å². The van der Waals surface area contributed by atoms with E-state index >= 15 is 0 Å². The van der Waals surface area contributed by atoms with Crippen LogP contribution < -0.4 is 10.5 Å². The van der Waals surface area contributed by atoms with Gasteiger partial charge in [-0.25, -0.2) is 0 Å². The second kappa shape index (κ2) is 6.08. The van der Waals surface area contributed by atoms with E-state index in [4.69, 9.17) is 10.5 Å². The molecule has 0 radical (unpaired) electrons. The van der Waals surface area contributed by atoms with E-state index in [2.05, 4.69) is 31.0 Å². The van der Waals surface area contributed by atoms with Crippen molar-refractivity contribution in [2.75, 3.05) is 20.7 Å². The third-order valence-corrected chi connectivity index (χ3v) is 6.73. The van der Waals surface area contributed by atoms with Gasteiger partial charge < -0.3 is 15.6 Å². The van der Waals surface area contributed by atoms with E-state index in [1.165, 1.54) is 5.56 Å². The van der Waals surface area contributed by atoms with Crippen molar-refractivity contribution in [2.45, 2.75) is 36.8 Å². The first-order valence-electron chi connectivity index (χ1n) is 9.31. The first-order chi connectivity index (χ1) is 12.8. The van der Waals surface area contributed by atoms with Gasteiger partial charge in [0.05, 0.1) is 7.11 Å². The molecule has 1 aliphatic carbocycles. The summed E-state index contributed by atoms with van der Waals surface area (Å²) in [4.78, 5) is 14.0. The number of benzene rings is 2. The quantitative estimate of drug-likeness (QED) is 0.873. The van der Waals surface area contributed by atoms with Crippen LogP contribution in [0.2, 0.25) is 0 Å². The Hall–Kier alpha value is -2.37. The number of carbonyl (C=O) groups is 1. The third-order valence-electron chi connectivity index (χ3n) is 6.73. The van der Waals surface area contributed by atoms with E-state index in [0.717, 1.165) is 36.3 Å². The van der Waals surface area contributed by atoms with Gasteiger partial charge in [0.2, 0.25) is 5.91 Å². The van der Waals surface area contributed by atoms with Crippen LogP contribution in [0, 0.1) is 0 Å². The Morgan fingerprint density at radius 1 is 1.30 bits per heavy atom. The lowest BCUT2D eigenvalue weighted by Crippen LogP contribution is -2.67. The molecule has 0 unspecified atom stereocenters. The number of aliphatic hydroxyl groups is 1. The first kappa shape index (κ1) is 18.0. The monoisotopic (exact) mass is 366 g/mol. The average molecular weight is 366 g/mol. The highest BCUT2D eigenvalue weighted by molar-refractivity contribution is 5.93. The second-order valence-corrected chi connectivity index (χ2v) is 8.02. The normalized spacial score (nSPS) is 29.9. The molecule has 4 rings (SSSR count). The lowest BCUT2D eigenvalue weighted by Gasteiger charge is -2.60. The molecule has 2 aromatic carbocycles. The number of nitrogens with two attached hydrogens (primary N) is 1. The summed E-state index contributed by atoms with van der Waals surface area (Å²) in [6, 6.07) is 13.2. The van der Waals surface area contributed by atoms with Crippen LogP contribution in [0.4, 0.5) is 0 Å². The fraction of sp³-hybridized carbons (Fsp3) is 0.409. The lowest BCUT2D eigenvalue weighted by atomic mass is 9.53. The molecular weight excluding hydrogens is 340 g/mol. The molecule has 2 aliphatic rings. The maximum absolute atomic E-state index is 12.2. The molecule has 27 heavy (non-hydrogen) atoms.